The third-order valence-electron chi connectivity index (χ3n) is 4.77. The van der Waals surface area contributed by atoms with Gasteiger partial charge >= 0.3 is 0 Å². The van der Waals surface area contributed by atoms with Gasteiger partial charge in [0.15, 0.2) is 0 Å². The zero-order chi connectivity index (χ0) is 15.2. The van der Waals surface area contributed by atoms with Crippen LogP contribution in [0.3, 0.4) is 0 Å². The zero-order valence-corrected chi connectivity index (χ0v) is 13.2. The molecule has 2 aliphatic rings. The Morgan fingerprint density at radius 2 is 1.77 bits per heavy atom. The molecule has 2 aliphatic heterocycles. The van der Waals surface area contributed by atoms with Crippen molar-refractivity contribution in [3.05, 3.63) is 35.9 Å². The highest BCUT2D eigenvalue weighted by Crippen LogP contribution is 2.21. The van der Waals surface area contributed by atoms with E-state index in [1.807, 2.05) is 18.2 Å². The van der Waals surface area contributed by atoms with Crippen molar-refractivity contribution in [1.29, 1.82) is 0 Å². The Kier molecular flexibility index (Phi) is 5.46. The van der Waals surface area contributed by atoms with Gasteiger partial charge in [0.1, 0.15) is 0 Å². The first kappa shape index (κ1) is 15.5. The fourth-order valence-electron chi connectivity index (χ4n) is 3.36. The molecule has 3 rings (SSSR count). The fourth-order valence-corrected chi connectivity index (χ4v) is 3.36. The summed E-state index contributed by atoms with van der Waals surface area (Å²) in [6, 6.07) is 10.3. The SMILES string of the molecule is O=C(C1CCNCC1)N1CCC(OCc2ccccc2)CC1. The number of piperidine rings is 2. The van der Waals surface area contributed by atoms with Crippen LogP contribution in [0, 0.1) is 5.92 Å². The lowest BCUT2D eigenvalue weighted by Crippen LogP contribution is -2.45. The summed E-state index contributed by atoms with van der Waals surface area (Å²) in [6.07, 6.45) is 4.19. The Labute approximate surface area is 132 Å². The minimum Gasteiger partial charge on any atom is -0.373 e. The first-order chi connectivity index (χ1) is 10.8. The molecule has 0 unspecified atom stereocenters. The lowest BCUT2D eigenvalue weighted by atomic mass is 9.95. The van der Waals surface area contributed by atoms with Crippen molar-refractivity contribution in [1.82, 2.24) is 10.2 Å². The number of hydrogen-bond donors (Lipinski definition) is 1. The van der Waals surface area contributed by atoms with E-state index in [9.17, 15) is 4.79 Å². The molecule has 4 heteroatoms. The summed E-state index contributed by atoms with van der Waals surface area (Å²) < 4.78 is 5.99. The van der Waals surface area contributed by atoms with Gasteiger partial charge in [-0.3, -0.25) is 4.79 Å². The zero-order valence-electron chi connectivity index (χ0n) is 13.2. The quantitative estimate of drug-likeness (QED) is 0.927. The van der Waals surface area contributed by atoms with Gasteiger partial charge in [-0.1, -0.05) is 30.3 Å². The third-order valence-corrected chi connectivity index (χ3v) is 4.77. The molecule has 2 fully saturated rings. The minimum atomic E-state index is 0.239. The highest BCUT2D eigenvalue weighted by Gasteiger charge is 2.29. The third kappa shape index (κ3) is 4.08. The molecule has 1 amide bonds. The second kappa shape index (κ2) is 7.75. The van der Waals surface area contributed by atoms with Crippen molar-refractivity contribution in [2.75, 3.05) is 26.2 Å². The number of hydrogen-bond acceptors (Lipinski definition) is 3. The summed E-state index contributed by atoms with van der Waals surface area (Å²) in [6.45, 7) is 4.33. The average Bonchev–Trinajstić information content (AvgIpc) is 2.61. The maximum Gasteiger partial charge on any atom is 0.225 e. The van der Waals surface area contributed by atoms with Crippen LogP contribution in [0.5, 0.6) is 0 Å². The van der Waals surface area contributed by atoms with Gasteiger partial charge in [0.25, 0.3) is 0 Å². The van der Waals surface area contributed by atoms with Crippen LogP contribution in [-0.2, 0) is 16.1 Å². The molecule has 120 valence electrons. The summed E-state index contributed by atoms with van der Waals surface area (Å²) in [5.41, 5.74) is 1.22. The van der Waals surface area contributed by atoms with Crippen molar-refractivity contribution in [3.63, 3.8) is 0 Å². The summed E-state index contributed by atoms with van der Waals surface area (Å²) in [4.78, 5) is 14.6. The van der Waals surface area contributed by atoms with Gasteiger partial charge in [0.2, 0.25) is 5.91 Å². The Morgan fingerprint density at radius 1 is 1.09 bits per heavy atom. The van der Waals surface area contributed by atoms with Crippen molar-refractivity contribution in [2.45, 2.75) is 38.4 Å². The van der Waals surface area contributed by atoms with E-state index in [-0.39, 0.29) is 12.0 Å². The predicted molar refractivity (Wildman–Crippen MR) is 86.4 cm³/mol. The van der Waals surface area contributed by atoms with Gasteiger partial charge in [-0.2, -0.15) is 0 Å². The van der Waals surface area contributed by atoms with Gasteiger partial charge in [-0.15, -0.1) is 0 Å². The number of rotatable bonds is 4. The number of nitrogens with one attached hydrogen (secondary N) is 1. The smallest absolute Gasteiger partial charge is 0.225 e. The molecule has 1 N–H and O–H groups in total. The molecule has 0 spiro atoms. The molecule has 22 heavy (non-hydrogen) atoms. The molecule has 1 aromatic rings. The van der Waals surface area contributed by atoms with E-state index in [1.165, 1.54) is 5.56 Å². The topological polar surface area (TPSA) is 41.6 Å². The highest BCUT2D eigenvalue weighted by molar-refractivity contribution is 5.79. The average molecular weight is 302 g/mol. The number of benzene rings is 1. The number of carbonyl (C=O) groups excluding carboxylic acids is 1. The van der Waals surface area contributed by atoms with Crippen molar-refractivity contribution in [3.8, 4) is 0 Å². The first-order valence-corrected chi connectivity index (χ1v) is 8.48. The summed E-state index contributed by atoms with van der Waals surface area (Å²) in [5, 5.41) is 3.32. The van der Waals surface area contributed by atoms with Crippen LogP contribution < -0.4 is 5.32 Å². The second-order valence-corrected chi connectivity index (χ2v) is 6.35. The number of likely N-dealkylation sites (tertiary alicyclic amines) is 1. The van der Waals surface area contributed by atoms with Crippen LogP contribution in [0.4, 0.5) is 0 Å². The number of carbonyl (C=O) groups is 1. The van der Waals surface area contributed by atoms with Crippen LogP contribution in [0.25, 0.3) is 0 Å². The van der Waals surface area contributed by atoms with Gasteiger partial charge < -0.3 is 15.0 Å². The Bertz CT molecular complexity index is 463. The largest absolute Gasteiger partial charge is 0.373 e. The van der Waals surface area contributed by atoms with Crippen molar-refractivity contribution < 1.29 is 9.53 Å². The number of ether oxygens (including phenoxy) is 1. The monoisotopic (exact) mass is 302 g/mol. The van der Waals surface area contributed by atoms with Crippen molar-refractivity contribution >= 4 is 5.91 Å². The van der Waals surface area contributed by atoms with Gasteiger partial charge in [0, 0.05) is 19.0 Å². The lowest BCUT2D eigenvalue weighted by Gasteiger charge is -2.35. The Morgan fingerprint density at radius 3 is 2.45 bits per heavy atom. The van der Waals surface area contributed by atoms with E-state index < -0.39 is 0 Å². The van der Waals surface area contributed by atoms with E-state index in [0.717, 1.165) is 51.9 Å². The molecule has 0 aliphatic carbocycles. The van der Waals surface area contributed by atoms with Gasteiger partial charge in [-0.25, -0.2) is 0 Å². The standard InChI is InChI=1S/C18H26N2O2/c21-18(16-6-10-19-11-7-16)20-12-8-17(9-13-20)22-14-15-4-2-1-3-5-15/h1-5,16-17,19H,6-14H2. The summed E-state index contributed by atoms with van der Waals surface area (Å²) in [5.74, 6) is 0.603. The maximum atomic E-state index is 12.5. The molecule has 0 atom stereocenters. The van der Waals surface area contributed by atoms with Crippen molar-refractivity contribution in [2.24, 2.45) is 5.92 Å². The van der Waals surface area contributed by atoms with E-state index in [4.69, 9.17) is 4.74 Å². The minimum absolute atomic E-state index is 0.239. The molecular formula is C18H26N2O2. The molecule has 1 aromatic carbocycles. The predicted octanol–water partition coefficient (Wildman–Crippen LogP) is 2.19. The Balaban J connectivity index is 1.41. The van der Waals surface area contributed by atoms with Crippen LogP contribution in [-0.4, -0.2) is 43.1 Å². The molecule has 0 saturated carbocycles. The van der Waals surface area contributed by atoms with E-state index in [0.29, 0.717) is 12.5 Å². The van der Waals surface area contributed by atoms with Gasteiger partial charge in [0.05, 0.1) is 12.7 Å². The Hall–Kier alpha value is -1.39. The lowest BCUT2D eigenvalue weighted by molar-refractivity contribution is -0.139. The maximum absolute atomic E-state index is 12.5. The van der Waals surface area contributed by atoms with E-state index in [2.05, 4.69) is 22.3 Å². The number of nitrogens with zero attached hydrogens (tertiary/aromatic N) is 1. The van der Waals surface area contributed by atoms with Crippen LogP contribution >= 0.6 is 0 Å². The van der Waals surface area contributed by atoms with Crippen LogP contribution in [0.15, 0.2) is 30.3 Å². The summed E-state index contributed by atoms with van der Waals surface area (Å²) >= 11 is 0. The molecular weight excluding hydrogens is 276 g/mol. The normalized spacial score (nSPS) is 21.0. The first-order valence-electron chi connectivity index (χ1n) is 8.48. The number of amides is 1. The molecule has 0 radical (unpaired) electrons. The highest BCUT2D eigenvalue weighted by atomic mass is 16.5. The van der Waals surface area contributed by atoms with Crippen LogP contribution in [0.1, 0.15) is 31.2 Å². The fraction of sp³-hybridized carbons (Fsp3) is 0.611. The second-order valence-electron chi connectivity index (χ2n) is 6.35. The summed E-state index contributed by atoms with van der Waals surface area (Å²) in [7, 11) is 0. The van der Waals surface area contributed by atoms with E-state index in [1.54, 1.807) is 0 Å². The molecule has 0 bridgehead atoms. The molecule has 4 nitrogen and oxygen atoms in total. The molecule has 0 aromatic heterocycles. The van der Waals surface area contributed by atoms with Crippen LogP contribution in [0.2, 0.25) is 0 Å². The molecule has 2 saturated heterocycles. The van der Waals surface area contributed by atoms with Gasteiger partial charge in [-0.05, 0) is 44.3 Å². The van der Waals surface area contributed by atoms with E-state index >= 15 is 0 Å². The molecule has 2 heterocycles.